The summed E-state index contributed by atoms with van der Waals surface area (Å²) in [6.07, 6.45) is 15.2. The third kappa shape index (κ3) is 44.0. The average Bonchev–Trinajstić information content (AvgIpc) is 4.44. The Kier molecular flexibility index (Phi) is 49.0. The molecular weight excluding hydrogens is 1110 g/mol. The number of nitrogens with zero attached hydrogens (tertiary/aromatic N) is 4. The van der Waals surface area contributed by atoms with Gasteiger partial charge in [0.15, 0.2) is 6.29 Å². The Bertz CT molecular complexity index is 1520. The molecule has 4 heterocycles. The van der Waals surface area contributed by atoms with Crippen molar-refractivity contribution >= 4 is 0 Å². The fraction of sp³-hybridized carbons (Fsp3) is 0.688. The molecule has 8 unspecified atom stereocenters. The standard InChI is InChI=1S/C41H72N4O8.C16H26O8.C6H11N.CH4O/c1-9-17-42(18-10-2)25-37(46)29-50-33-41(34-51-30-38(47)26-43(19-11-3)20-12-4,35-52-31-39(48)27-44(21-13-5)22-14-6)36-53-32-40(49)28-45(23-15-7)24-16-8;1(12-4-20-12)17-8-16(11-24-15-7-23-15,9-18-2-13-5-21-13)10-19-3-14-6-22-14;1-3-5-7-6-4-2;1-2/h9-16,37-40,46-49H,1-8,17-36H2;12-15H,1-11H2;3-4,7H,1-2,5-6H2;2H,1H3. The summed E-state index contributed by atoms with van der Waals surface area (Å²) in [5.74, 6) is 0. The van der Waals surface area contributed by atoms with E-state index in [9.17, 15) is 20.4 Å². The van der Waals surface area contributed by atoms with Gasteiger partial charge in [-0.25, -0.2) is 0 Å². The zero-order valence-corrected chi connectivity index (χ0v) is 52.2. The highest BCUT2D eigenvalue weighted by atomic mass is 16.8. The van der Waals surface area contributed by atoms with Crippen molar-refractivity contribution in [2.24, 2.45) is 10.8 Å². The van der Waals surface area contributed by atoms with Crippen molar-refractivity contribution in [3.63, 3.8) is 0 Å². The van der Waals surface area contributed by atoms with Crippen LogP contribution in [0.5, 0.6) is 0 Å². The Morgan fingerprint density at radius 1 is 0.384 bits per heavy atom. The number of aliphatic hydroxyl groups is 5. The van der Waals surface area contributed by atoms with Gasteiger partial charge in [0.1, 0.15) is 24.9 Å². The lowest BCUT2D eigenvalue weighted by molar-refractivity contribution is -0.134. The van der Waals surface area contributed by atoms with Crippen molar-refractivity contribution < 1.29 is 82.4 Å². The van der Waals surface area contributed by atoms with E-state index in [0.717, 1.165) is 40.0 Å². The molecule has 4 aliphatic heterocycles. The maximum Gasteiger partial charge on any atom is 0.181 e. The maximum absolute atomic E-state index is 10.8. The number of hydrogen-bond donors (Lipinski definition) is 6. The first-order valence-electron chi connectivity index (χ1n) is 29.8. The summed E-state index contributed by atoms with van der Waals surface area (Å²) in [5.41, 5.74) is -1.31. The van der Waals surface area contributed by atoms with Gasteiger partial charge in [0.25, 0.3) is 0 Å². The van der Waals surface area contributed by atoms with Gasteiger partial charge in [0.2, 0.25) is 0 Å². The molecule has 6 N–H and O–H groups in total. The van der Waals surface area contributed by atoms with Crippen LogP contribution in [0.25, 0.3) is 0 Å². The minimum Gasteiger partial charge on any atom is -0.400 e. The molecule has 4 fully saturated rings. The van der Waals surface area contributed by atoms with Crippen LogP contribution < -0.4 is 5.32 Å². The smallest absolute Gasteiger partial charge is 0.181 e. The second-order valence-electron chi connectivity index (χ2n) is 21.6. The van der Waals surface area contributed by atoms with E-state index in [4.69, 9.17) is 61.9 Å². The van der Waals surface area contributed by atoms with E-state index in [-0.39, 0.29) is 82.9 Å². The quantitative estimate of drug-likeness (QED) is 0.0291. The Balaban J connectivity index is 0.000000903. The predicted octanol–water partition coefficient (Wildman–Crippen LogP) is 2.33. The van der Waals surface area contributed by atoms with Crippen LogP contribution in [-0.2, 0) is 56.8 Å². The van der Waals surface area contributed by atoms with Gasteiger partial charge in [-0.15, -0.1) is 65.8 Å². The number of rotatable bonds is 59. The van der Waals surface area contributed by atoms with Gasteiger partial charge in [-0.1, -0.05) is 60.8 Å². The van der Waals surface area contributed by atoms with E-state index < -0.39 is 29.8 Å². The van der Waals surface area contributed by atoms with E-state index in [2.05, 4.69) is 71.1 Å². The first kappa shape index (κ1) is 80.5. The fourth-order valence-electron chi connectivity index (χ4n) is 8.31. The molecule has 4 rings (SSSR count). The summed E-state index contributed by atoms with van der Waals surface area (Å²) in [7, 11) is 1.00. The molecule has 496 valence electrons. The first-order chi connectivity index (χ1) is 41.8. The summed E-state index contributed by atoms with van der Waals surface area (Å²) in [6, 6.07) is 0. The minimum atomic E-state index is -0.938. The van der Waals surface area contributed by atoms with E-state index >= 15 is 0 Å². The number of aliphatic hydroxyl groups excluding tert-OH is 5. The van der Waals surface area contributed by atoms with Crippen molar-refractivity contribution in [3.8, 4) is 0 Å². The third-order valence-corrected chi connectivity index (χ3v) is 12.6. The van der Waals surface area contributed by atoms with Gasteiger partial charge in [0, 0.05) is 98.7 Å². The van der Waals surface area contributed by atoms with Gasteiger partial charge in [-0.2, -0.15) is 0 Å². The second-order valence-corrected chi connectivity index (χ2v) is 21.6. The number of hydrogen-bond acceptors (Lipinski definition) is 22. The van der Waals surface area contributed by atoms with E-state index in [1.54, 1.807) is 48.6 Å². The zero-order chi connectivity index (χ0) is 63.5. The Hall–Kier alpha value is -3.48. The van der Waals surface area contributed by atoms with Crippen LogP contribution in [0.1, 0.15) is 0 Å². The molecule has 4 aliphatic rings. The summed E-state index contributed by atoms with van der Waals surface area (Å²) in [4.78, 5) is 7.97. The molecule has 0 aromatic rings. The molecule has 0 radical (unpaired) electrons. The Morgan fingerprint density at radius 3 is 0.826 bits per heavy atom. The molecule has 0 aromatic carbocycles. The molecule has 0 bridgehead atoms. The Morgan fingerprint density at radius 2 is 0.616 bits per heavy atom. The van der Waals surface area contributed by atoms with Crippen LogP contribution in [0.15, 0.2) is 127 Å². The SMILES string of the molecule is C(OCC(COCC1CO1)(COCC1CO1)COC1CO1)C1CO1.C=CCN(CC=C)CC(O)COCC(COCC(O)CN(CC=C)CC=C)(COCC(O)CN(CC=C)CC=C)COCC(O)CN(CC=C)CC=C.C=CCNCC=C.CO. The third-order valence-electron chi connectivity index (χ3n) is 12.6. The van der Waals surface area contributed by atoms with Crippen molar-refractivity contribution in [3.05, 3.63) is 127 Å². The molecule has 0 aliphatic carbocycles. The molecule has 0 spiro atoms. The normalized spacial score (nSPS) is 19.9. The average molecular weight is 1220 g/mol. The molecule has 22 heteroatoms. The monoisotopic (exact) mass is 1220 g/mol. The molecular formula is C64H113N5O17. The molecule has 0 aromatic heterocycles. The molecule has 22 nitrogen and oxygen atoms in total. The molecule has 0 amide bonds. The van der Waals surface area contributed by atoms with Crippen LogP contribution in [-0.4, -0.2) is 318 Å². The van der Waals surface area contributed by atoms with Crippen molar-refractivity contribution in [2.45, 2.75) is 49.0 Å². The van der Waals surface area contributed by atoms with Gasteiger partial charge < -0.3 is 87.7 Å². The summed E-state index contributed by atoms with van der Waals surface area (Å²) in [6.45, 7) is 52.3. The predicted molar refractivity (Wildman–Crippen MR) is 338 cm³/mol. The van der Waals surface area contributed by atoms with Crippen LogP contribution in [0.2, 0.25) is 0 Å². The van der Waals surface area contributed by atoms with Gasteiger partial charge in [-0.05, 0) is 0 Å². The molecule has 8 atom stereocenters. The van der Waals surface area contributed by atoms with E-state index in [1.807, 2.05) is 31.8 Å². The molecule has 86 heavy (non-hydrogen) atoms. The van der Waals surface area contributed by atoms with Crippen LogP contribution >= 0.6 is 0 Å². The lowest BCUT2D eigenvalue weighted by atomic mass is 9.92. The summed E-state index contributed by atoms with van der Waals surface area (Å²) >= 11 is 0. The largest absolute Gasteiger partial charge is 0.400 e. The van der Waals surface area contributed by atoms with E-state index in [1.165, 1.54) is 0 Å². The maximum atomic E-state index is 10.8. The highest BCUT2D eigenvalue weighted by Crippen LogP contribution is 2.27. The van der Waals surface area contributed by atoms with Crippen molar-refractivity contribution in [1.29, 1.82) is 0 Å². The van der Waals surface area contributed by atoms with Crippen LogP contribution in [0, 0.1) is 10.8 Å². The van der Waals surface area contributed by atoms with Crippen molar-refractivity contribution in [2.75, 3.05) is 224 Å². The zero-order valence-electron chi connectivity index (χ0n) is 52.2. The molecule has 4 saturated heterocycles. The molecule has 0 saturated carbocycles. The highest BCUT2D eigenvalue weighted by molar-refractivity contribution is 4.88. The number of ether oxygens (including phenoxy) is 12. The van der Waals surface area contributed by atoms with Gasteiger partial charge in [0.05, 0.1) is 154 Å². The number of nitrogens with one attached hydrogen (secondary N) is 1. The topological polar surface area (TPSA) is 250 Å². The van der Waals surface area contributed by atoms with Crippen LogP contribution in [0.3, 0.4) is 0 Å². The first-order valence-corrected chi connectivity index (χ1v) is 29.8. The minimum absolute atomic E-state index is 0.0224. The lowest BCUT2D eigenvalue weighted by Crippen LogP contribution is -2.45. The highest BCUT2D eigenvalue weighted by Gasteiger charge is 2.39. The summed E-state index contributed by atoms with van der Waals surface area (Å²) in [5, 5.41) is 53.4. The number of epoxide rings is 4. The summed E-state index contributed by atoms with van der Waals surface area (Å²) < 4.78 is 68.6. The van der Waals surface area contributed by atoms with E-state index in [0.29, 0.717) is 131 Å². The van der Waals surface area contributed by atoms with Gasteiger partial charge in [-0.3, -0.25) is 19.6 Å². The van der Waals surface area contributed by atoms with Gasteiger partial charge >= 0.3 is 0 Å². The lowest BCUT2D eigenvalue weighted by Gasteiger charge is -2.35. The van der Waals surface area contributed by atoms with Crippen molar-refractivity contribution in [1.82, 2.24) is 24.9 Å². The second kappa shape index (κ2) is 52.3. The Labute approximate surface area is 516 Å². The fourth-order valence-corrected chi connectivity index (χ4v) is 8.31. The van der Waals surface area contributed by atoms with Crippen LogP contribution in [0.4, 0.5) is 0 Å².